The van der Waals surface area contributed by atoms with Gasteiger partial charge in [0.05, 0.1) is 11.2 Å². The summed E-state index contributed by atoms with van der Waals surface area (Å²) in [5, 5.41) is 0. The van der Waals surface area contributed by atoms with Crippen molar-refractivity contribution in [2.24, 2.45) is 0 Å². The number of rotatable bonds is 4. The van der Waals surface area contributed by atoms with Gasteiger partial charge in [0, 0.05) is 11.9 Å². The summed E-state index contributed by atoms with van der Waals surface area (Å²) in [4.78, 5) is 12.8. The molecule has 3 nitrogen and oxygen atoms in total. The van der Waals surface area contributed by atoms with Crippen molar-refractivity contribution in [2.45, 2.75) is 66.0 Å². The van der Waals surface area contributed by atoms with Gasteiger partial charge in [-0.05, 0) is 54.0 Å². The lowest BCUT2D eigenvalue weighted by Crippen LogP contribution is -2.41. The minimum Gasteiger partial charge on any atom is -0.403 e. The summed E-state index contributed by atoms with van der Waals surface area (Å²) in [6.45, 7) is 14.0. The summed E-state index contributed by atoms with van der Waals surface area (Å²) in [5.74, 6) is 0.0553. The van der Waals surface area contributed by atoms with Crippen molar-refractivity contribution >= 4 is 12.9 Å². The molecule has 1 saturated heterocycles. The first-order chi connectivity index (χ1) is 10.5. The van der Waals surface area contributed by atoms with Crippen molar-refractivity contribution in [2.75, 3.05) is 0 Å². The third kappa shape index (κ3) is 3.76. The van der Waals surface area contributed by atoms with Gasteiger partial charge in [-0.25, -0.2) is 0 Å². The summed E-state index contributed by atoms with van der Waals surface area (Å²) in [5.41, 5.74) is 2.88. The molecular formula is C19H27BO3. The van der Waals surface area contributed by atoms with Crippen LogP contribution in [0, 0.1) is 6.92 Å². The average molecular weight is 314 g/mol. The Morgan fingerprint density at radius 2 is 1.48 bits per heavy atom. The maximum atomic E-state index is 12.8. The Hall–Kier alpha value is -1.39. The topological polar surface area (TPSA) is 35.5 Å². The monoisotopic (exact) mass is 314 g/mol. The molecule has 0 spiro atoms. The number of carbonyl (C=O) groups is 1. The molecule has 0 atom stereocenters. The van der Waals surface area contributed by atoms with Gasteiger partial charge >= 0.3 is 7.12 Å². The number of carbonyl (C=O) groups excluding carboxylic acids is 1. The van der Waals surface area contributed by atoms with E-state index in [0.717, 1.165) is 16.7 Å². The van der Waals surface area contributed by atoms with Crippen LogP contribution in [0.1, 0.15) is 57.5 Å². The van der Waals surface area contributed by atoms with Gasteiger partial charge < -0.3 is 9.31 Å². The van der Waals surface area contributed by atoms with Crippen LogP contribution in [0.2, 0.25) is 6.32 Å². The van der Waals surface area contributed by atoms with Crippen LogP contribution < -0.4 is 0 Å². The second-order valence-corrected chi connectivity index (χ2v) is 7.56. The van der Waals surface area contributed by atoms with Crippen molar-refractivity contribution in [3.05, 3.63) is 46.5 Å². The van der Waals surface area contributed by atoms with E-state index in [-0.39, 0.29) is 24.1 Å². The number of allylic oxidation sites excluding steroid dienone is 2. The number of hydrogen-bond donors (Lipinski definition) is 0. The average Bonchev–Trinajstić information content (AvgIpc) is 2.64. The highest BCUT2D eigenvalue weighted by molar-refractivity contribution is 6.47. The highest BCUT2D eigenvalue weighted by Gasteiger charge is 2.51. The summed E-state index contributed by atoms with van der Waals surface area (Å²) >= 11 is 0. The molecule has 1 fully saturated rings. The van der Waals surface area contributed by atoms with Crippen LogP contribution >= 0.6 is 0 Å². The van der Waals surface area contributed by atoms with E-state index in [1.54, 1.807) is 0 Å². The zero-order chi connectivity index (χ0) is 17.4. The molecule has 0 amide bonds. The molecule has 4 heteroatoms. The number of hydrogen-bond acceptors (Lipinski definition) is 3. The Kier molecular flexibility index (Phi) is 4.88. The molecule has 0 radical (unpaired) electrons. The molecule has 0 saturated carbocycles. The standard InChI is InChI=1S/C19H27BO3/c1-13(2)16(17(21)15-10-8-14(3)9-11-15)12-20-22-18(4,5)19(6,7)23-20/h8-11H,12H2,1-7H3. The number of Topliss-reactive ketones (excluding diaryl/α,β-unsaturated/α-hetero) is 1. The maximum Gasteiger partial charge on any atom is 0.462 e. The van der Waals surface area contributed by atoms with Gasteiger partial charge in [0.1, 0.15) is 0 Å². The van der Waals surface area contributed by atoms with Gasteiger partial charge in [0.2, 0.25) is 0 Å². The van der Waals surface area contributed by atoms with Crippen molar-refractivity contribution in [3.8, 4) is 0 Å². The minimum atomic E-state index is -0.390. The van der Waals surface area contributed by atoms with E-state index in [2.05, 4.69) is 0 Å². The third-order valence-corrected chi connectivity index (χ3v) is 4.86. The Balaban J connectivity index is 2.20. The lowest BCUT2D eigenvalue weighted by Gasteiger charge is -2.32. The van der Waals surface area contributed by atoms with Gasteiger partial charge in [0.25, 0.3) is 0 Å². The molecule has 1 heterocycles. The lowest BCUT2D eigenvalue weighted by atomic mass is 9.77. The molecule has 0 aliphatic carbocycles. The van der Waals surface area contributed by atoms with E-state index < -0.39 is 0 Å². The minimum absolute atomic E-state index is 0.0553. The third-order valence-electron chi connectivity index (χ3n) is 4.86. The Morgan fingerprint density at radius 1 is 1.00 bits per heavy atom. The SMILES string of the molecule is CC(C)=C(CB1OC(C)(C)C(C)(C)O1)C(=O)c1ccc(C)cc1. The normalized spacial score (nSPS) is 18.8. The largest absolute Gasteiger partial charge is 0.462 e. The molecule has 1 aromatic rings. The van der Waals surface area contributed by atoms with Gasteiger partial charge in [-0.15, -0.1) is 0 Å². The van der Waals surface area contributed by atoms with Crippen LogP contribution in [0.25, 0.3) is 0 Å². The first-order valence-electron chi connectivity index (χ1n) is 8.17. The molecule has 23 heavy (non-hydrogen) atoms. The zero-order valence-corrected chi connectivity index (χ0v) is 15.3. The Labute approximate surface area is 140 Å². The lowest BCUT2D eigenvalue weighted by molar-refractivity contribution is 0.00578. The van der Waals surface area contributed by atoms with Gasteiger partial charge in [-0.1, -0.05) is 35.4 Å². The molecule has 0 aromatic heterocycles. The van der Waals surface area contributed by atoms with E-state index >= 15 is 0 Å². The van der Waals surface area contributed by atoms with Crippen molar-refractivity contribution in [1.29, 1.82) is 0 Å². The molecule has 0 N–H and O–H groups in total. The van der Waals surface area contributed by atoms with Crippen molar-refractivity contribution in [1.82, 2.24) is 0 Å². The van der Waals surface area contributed by atoms with E-state index in [0.29, 0.717) is 11.9 Å². The highest BCUT2D eigenvalue weighted by Crippen LogP contribution is 2.39. The predicted octanol–water partition coefficient (Wildman–Crippen LogP) is 4.61. The number of ketones is 1. The fraction of sp³-hybridized carbons (Fsp3) is 0.526. The maximum absolute atomic E-state index is 12.8. The second kappa shape index (κ2) is 6.25. The Bertz CT molecular complexity index is 607. The summed E-state index contributed by atoms with van der Waals surface area (Å²) in [7, 11) is -0.390. The van der Waals surface area contributed by atoms with E-state index in [9.17, 15) is 4.79 Å². The molecule has 0 unspecified atom stereocenters. The van der Waals surface area contributed by atoms with Crippen LogP contribution in [0.3, 0.4) is 0 Å². The second-order valence-electron chi connectivity index (χ2n) is 7.56. The zero-order valence-electron chi connectivity index (χ0n) is 15.3. The molecule has 1 aromatic carbocycles. The first-order valence-corrected chi connectivity index (χ1v) is 8.17. The fourth-order valence-electron chi connectivity index (χ4n) is 2.62. The van der Waals surface area contributed by atoms with E-state index in [4.69, 9.17) is 9.31 Å². The highest BCUT2D eigenvalue weighted by atomic mass is 16.7. The van der Waals surface area contributed by atoms with Crippen LogP contribution in [0.4, 0.5) is 0 Å². The van der Waals surface area contributed by atoms with Crippen molar-refractivity contribution in [3.63, 3.8) is 0 Å². The van der Waals surface area contributed by atoms with Crippen LogP contribution in [-0.2, 0) is 9.31 Å². The van der Waals surface area contributed by atoms with Crippen LogP contribution in [0.5, 0.6) is 0 Å². The molecule has 2 rings (SSSR count). The Morgan fingerprint density at radius 3 is 1.91 bits per heavy atom. The molecule has 1 aliphatic heterocycles. The number of benzene rings is 1. The fourth-order valence-corrected chi connectivity index (χ4v) is 2.62. The molecule has 124 valence electrons. The molecular weight excluding hydrogens is 287 g/mol. The van der Waals surface area contributed by atoms with Gasteiger partial charge in [-0.3, -0.25) is 4.79 Å². The van der Waals surface area contributed by atoms with Crippen molar-refractivity contribution < 1.29 is 14.1 Å². The smallest absolute Gasteiger partial charge is 0.403 e. The van der Waals surface area contributed by atoms with E-state index in [1.165, 1.54) is 0 Å². The molecule has 1 aliphatic rings. The van der Waals surface area contributed by atoms with Crippen LogP contribution in [-0.4, -0.2) is 24.1 Å². The summed E-state index contributed by atoms with van der Waals surface area (Å²) in [6.07, 6.45) is 0.474. The molecule has 0 bridgehead atoms. The van der Waals surface area contributed by atoms with Gasteiger partial charge in [-0.2, -0.15) is 0 Å². The summed E-state index contributed by atoms with van der Waals surface area (Å²) < 4.78 is 12.1. The number of aryl methyl sites for hydroxylation is 1. The predicted molar refractivity (Wildman–Crippen MR) is 94.8 cm³/mol. The van der Waals surface area contributed by atoms with Gasteiger partial charge in [0.15, 0.2) is 5.78 Å². The quantitative estimate of drug-likeness (QED) is 0.462. The first kappa shape index (κ1) is 18.0. The van der Waals surface area contributed by atoms with E-state index in [1.807, 2.05) is 72.7 Å². The summed E-state index contributed by atoms with van der Waals surface area (Å²) in [6, 6.07) is 7.69. The van der Waals surface area contributed by atoms with Crippen LogP contribution in [0.15, 0.2) is 35.4 Å².